The summed E-state index contributed by atoms with van der Waals surface area (Å²) in [6.45, 7) is 15.5. The molecule has 0 radical (unpaired) electrons. The third-order valence-electron chi connectivity index (χ3n) is 5.93. The molecule has 0 aromatic heterocycles. The number of nitrogens with zero attached hydrogens (tertiary/aromatic N) is 2. The van der Waals surface area contributed by atoms with Crippen molar-refractivity contribution in [3.8, 4) is 11.5 Å². The normalized spacial score (nSPS) is 12.6. The number of methoxy groups -OCH3 is 1. The van der Waals surface area contributed by atoms with Gasteiger partial charge in [0.05, 0.1) is 13.7 Å². The van der Waals surface area contributed by atoms with Crippen LogP contribution in [0.15, 0.2) is 47.4 Å². The van der Waals surface area contributed by atoms with Crippen molar-refractivity contribution in [1.82, 2.24) is 10.2 Å². The molecule has 9 heteroatoms. The summed E-state index contributed by atoms with van der Waals surface area (Å²) in [5.41, 5.74) is 1.04. The van der Waals surface area contributed by atoms with Crippen LogP contribution in [0.4, 0.5) is 10.5 Å². The number of amides is 2. The lowest BCUT2D eigenvalue weighted by molar-refractivity contribution is 0.164. The van der Waals surface area contributed by atoms with Gasteiger partial charge in [0.15, 0.2) is 0 Å². The molecule has 36 heavy (non-hydrogen) atoms. The van der Waals surface area contributed by atoms with E-state index in [1.54, 1.807) is 23.1 Å². The van der Waals surface area contributed by atoms with E-state index in [0.717, 1.165) is 25.2 Å². The Balaban J connectivity index is 2.52. The molecule has 1 unspecified atom stereocenters. The third-order valence-corrected chi connectivity index (χ3v) is 7.18. The standard InChI is InChI=1S/C27H41N3O5S/c1-9-20(4)30(26(31)28-27(5,6)7)19-21-12-13-22(29(10-2)11-3)18-25(21)35-36(32,33)24-16-14-23(34-8)15-17-24/h12-18,20H,9-11,19H2,1-8H3,(H,28,31). The topological polar surface area (TPSA) is 88.2 Å². The van der Waals surface area contributed by atoms with Gasteiger partial charge in [-0.1, -0.05) is 13.0 Å². The maximum atomic E-state index is 13.2. The Labute approximate surface area is 216 Å². The van der Waals surface area contributed by atoms with Gasteiger partial charge in [-0.15, -0.1) is 0 Å². The summed E-state index contributed by atoms with van der Waals surface area (Å²) in [7, 11) is -2.60. The van der Waals surface area contributed by atoms with Gasteiger partial charge in [-0.2, -0.15) is 8.42 Å². The molecule has 0 heterocycles. The molecule has 2 amide bonds. The van der Waals surface area contributed by atoms with Crippen molar-refractivity contribution >= 4 is 21.8 Å². The summed E-state index contributed by atoms with van der Waals surface area (Å²) in [5, 5.41) is 3.01. The second kappa shape index (κ2) is 12.3. The summed E-state index contributed by atoms with van der Waals surface area (Å²) in [4.78, 5) is 17.0. The van der Waals surface area contributed by atoms with Crippen LogP contribution in [0, 0.1) is 0 Å². The molecule has 0 aliphatic rings. The third kappa shape index (κ3) is 7.78. The number of ether oxygens (including phenoxy) is 1. The van der Waals surface area contributed by atoms with Crippen LogP contribution in [0.3, 0.4) is 0 Å². The lowest BCUT2D eigenvalue weighted by atomic mass is 10.1. The van der Waals surface area contributed by atoms with Crippen molar-refractivity contribution < 1.29 is 22.1 Å². The van der Waals surface area contributed by atoms with E-state index in [0.29, 0.717) is 11.3 Å². The Morgan fingerprint density at radius 2 is 1.64 bits per heavy atom. The smallest absolute Gasteiger partial charge is 0.339 e. The molecule has 1 N–H and O–H groups in total. The van der Waals surface area contributed by atoms with Crippen molar-refractivity contribution in [2.45, 2.75) is 77.9 Å². The molecule has 0 saturated carbocycles. The van der Waals surface area contributed by atoms with Crippen molar-refractivity contribution in [2.75, 3.05) is 25.1 Å². The number of carbonyl (C=O) groups excluding carboxylic acids is 1. The van der Waals surface area contributed by atoms with Gasteiger partial charge in [0.1, 0.15) is 16.4 Å². The first-order valence-electron chi connectivity index (χ1n) is 12.4. The summed E-state index contributed by atoms with van der Waals surface area (Å²) >= 11 is 0. The number of anilines is 1. The van der Waals surface area contributed by atoms with Crippen molar-refractivity contribution in [2.24, 2.45) is 0 Å². The van der Waals surface area contributed by atoms with E-state index < -0.39 is 15.7 Å². The van der Waals surface area contributed by atoms with Gasteiger partial charge in [0.2, 0.25) is 0 Å². The molecule has 0 aliphatic carbocycles. The largest absolute Gasteiger partial charge is 0.497 e. The molecule has 0 aliphatic heterocycles. The van der Waals surface area contributed by atoms with Gasteiger partial charge < -0.3 is 24.0 Å². The van der Waals surface area contributed by atoms with E-state index in [1.807, 2.05) is 60.6 Å². The first-order chi connectivity index (χ1) is 16.8. The summed E-state index contributed by atoms with van der Waals surface area (Å²) < 4.78 is 37.3. The highest BCUT2D eigenvalue weighted by Gasteiger charge is 2.26. The Morgan fingerprint density at radius 3 is 2.14 bits per heavy atom. The molecule has 0 bridgehead atoms. The molecule has 0 spiro atoms. The first kappa shape index (κ1) is 29.3. The quantitative estimate of drug-likeness (QED) is 0.399. The predicted octanol–water partition coefficient (Wildman–Crippen LogP) is 5.42. The van der Waals surface area contributed by atoms with E-state index in [4.69, 9.17) is 8.92 Å². The van der Waals surface area contributed by atoms with E-state index in [1.165, 1.54) is 19.2 Å². The van der Waals surface area contributed by atoms with Crippen LogP contribution in [0.5, 0.6) is 11.5 Å². The maximum Gasteiger partial charge on any atom is 0.339 e. The van der Waals surface area contributed by atoms with Gasteiger partial charge >= 0.3 is 16.1 Å². The van der Waals surface area contributed by atoms with Gasteiger partial charge in [-0.3, -0.25) is 0 Å². The minimum atomic E-state index is -4.12. The van der Waals surface area contributed by atoms with Crippen LogP contribution in [-0.4, -0.2) is 51.1 Å². The first-order valence-corrected chi connectivity index (χ1v) is 13.8. The highest BCUT2D eigenvalue weighted by molar-refractivity contribution is 7.87. The van der Waals surface area contributed by atoms with Crippen molar-refractivity contribution in [3.63, 3.8) is 0 Å². The molecule has 0 fully saturated rings. The van der Waals surface area contributed by atoms with E-state index in [2.05, 4.69) is 10.2 Å². The molecule has 2 aromatic rings. The molecule has 1 atom stereocenters. The molecule has 200 valence electrons. The van der Waals surface area contributed by atoms with Crippen LogP contribution >= 0.6 is 0 Å². The van der Waals surface area contributed by atoms with Crippen LogP contribution in [0.25, 0.3) is 0 Å². The SMILES string of the molecule is CCC(C)N(Cc1ccc(N(CC)CC)cc1OS(=O)(=O)c1ccc(OC)cc1)C(=O)NC(C)(C)C. The van der Waals surface area contributed by atoms with Crippen molar-refractivity contribution in [1.29, 1.82) is 0 Å². The van der Waals surface area contributed by atoms with E-state index >= 15 is 0 Å². The number of nitrogens with one attached hydrogen (secondary N) is 1. The number of benzene rings is 2. The molecule has 2 aromatic carbocycles. The minimum Gasteiger partial charge on any atom is -0.497 e. The number of rotatable bonds is 11. The average Bonchev–Trinajstić information content (AvgIpc) is 2.82. The Kier molecular flexibility index (Phi) is 10.0. The number of hydrogen-bond acceptors (Lipinski definition) is 6. The second-order valence-electron chi connectivity index (χ2n) is 9.74. The zero-order chi connectivity index (χ0) is 27.1. The summed E-state index contributed by atoms with van der Waals surface area (Å²) in [6, 6.07) is 11.3. The zero-order valence-electron chi connectivity index (χ0n) is 22.8. The van der Waals surface area contributed by atoms with Crippen LogP contribution in [-0.2, 0) is 16.7 Å². The molecular weight excluding hydrogens is 478 g/mol. The number of carbonyl (C=O) groups is 1. The van der Waals surface area contributed by atoms with Gasteiger partial charge in [0, 0.05) is 42.0 Å². The Morgan fingerprint density at radius 1 is 1.03 bits per heavy atom. The van der Waals surface area contributed by atoms with Crippen LogP contribution < -0.4 is 19.1 Å². The monoisotopic (exact) mass is 519 g/mol. The average molecular weight is 520 g/mol. The highest BCUT2D eigenvalue weighted by Crippen LogP contribution is 2.31. The number of hydrogen-bond donors (Lipinski definition) is 1. The summed E-state index contributed by atoms with van der Waals surface area (Å²) in [5.74, 6) is 0.749. The number of urea groups is 1. The van der Waals surface area contributed by atoms with Gasteiger partial charge in [-0.25, -0.2) is 4.79 Å². The fraction of sp³-hybridized carbons (Fsp3) is 0.519. The zero-order valence-corrected chi connectivity index (χ0v) is 23.6. The molecule has 2 rings (SSSR count). The maximum absolute atomic E-state index is 13.2. The molecule has 0 saturated heterocycles. The fourth-order valence-corrected chi connectivity index (χ4v) is 4.63. The highest BCUT2D eigenvalue weighted by atomic mass is 32.2. The van der Waals surface area contributed by atoms with Gasteiger partial charge in [-0.05, 0) is 78.3 Å². The minimum absolute atomic E-state index is 0.0201. The van der Waals surface area contributed by atoms with E-state index in [-0.39, 0.29) is 29.3 Å². The van der Waals surface area contributed by atoms with Crippen LogP contribution in [0.2, 0.25) is 0 Å². The van der Waals surface area contributed by atoms with Gasteiger partial charge in [0.25, 0.3) is 0 Å². The van der Waals surface area contributed by atoms with E-state index in [9.17, 15) is 13.2 Å². The molecular formula is C27H41N3O5S. The summed E-state index contributed by atoms with van der Waals surface area (Å²) in [6.07, 6.45) is 0.745. The second-order valence-corrected chi connectivity index (χ2v) is 11.3. The van der Waals surface area contributed by atoms with Crippen molar-refractivity contribution in [3.05, 3.63) is 48.0 Å². The predicted molar refractivity (Wildman–Crippen MR) is 144 cm³/mol. The lowest BCUT2D eigenvalue weighted by Gasteiger charge is -2.33. The fourth-order valence-electron chi connectivity index (χ4n) is 3.67. The van der Waals surface area contributed by atoms with Crippen LogP contribution in [0.1, 0.15) is 60.5 Å². The lowest BCUT2D eigenvalue weighted by Crippen LogP contribution is -2.50. The molecule has 8 nitrogen and oxygen atoms in total. The Hall–Kier alpha value is -2.94. The Bertz CT molecular complexity index is 1110.